The van der Waals surface area contributed by atoms with Gasteiger partial charge in [-0.15, -0.1) is 0 Å². The number of nitrogens with one attached hydrogen (secondary N) is 2. The fourth-order valence-corrected chi connectivity index (χ4v) is 2.40. The van der Waals surface area contributed by atoms with Crippen LogP contribution in [0.1, 0.15) is 0 Å². The lowest BCUT2D eigenvalue weighted by Crippen LogP contribution is -1.90. The van der Waals surface area contributed by atoms with E-state index in [1.807, 2.05) is 30.3 Å². The zero-order chi connectivity index (χ0) is 11.7. The number of pyridine rings is 1. The molecular weight excluding hydrogens is 234 g/mol. The third-order valence-electron chi connectivity index (χ3n) is 2.39. The van der Waals surface area contributed by atoms with Gasteiger partial charge < -0.3 is 10.3 Å². The van der Waals surface area contributed by atoms with Crippen LogP contribution in [-0.2, 0) is 0 Å². The molecule has 0 aliphatic rings. The van der Waals surface area contributed by atoms with Gasteiger partial charge in [-0.2, -0.15) is 0 Å². The molecule has 0 bridgehead atoms. The molecule has 84 valence electrons. The summed E-state index contributed by atoms with van der Waals surface area (Å²) in [6.07, 6.45) is 3.46. The number of H-pyrrole nitrogens is 1. The monoisotopic (exact) mass is 243 g/mol. The highest BCUT2D eigenvalue weighted by Crippen LogP contribution is 2.22. The molecule has 4 nitrogen and oxygen atoms in total. The quantitative estimate of drug-likeness (QED) is 0.727. The van der Waals surface area contributed by atoms with E-state index in [9.17, 15) is 4.79 Å². The van der Waals surface area contributed by atoms with Crippen molar-refractivity contribution in [1.29, 1.82) is 0 Å². The van der Waals surface area contributed by atoms with E-state index in [4.69, 9.17) is 0 Å². The molecule has 0 aliphatic heterocycles. The number of anilines is 2. The molecule has 0 spiro atoms. The summed E-state index contributed by atoms with van der Waals surface area (Å²) in [7, 11) is 0. The molecule has 17 heavy (non-hydrogen) atoms. The minimum Gasteiger partial charge on any atom is -0.355 e. The standard InChI is InChI=1S/C12H9N3OS/c16-12-15-10-2-1-9(7-11(10)17-12)14-8-3-5-13-6-4-8/h1-7H,(H,13,14)(H,15,16). The van der Waals surface area contributed by atoms with Crippen molar-refractivity contribution in [3.05, 3.63) is 52.4 Å². The number of rotatable bonds is 2. The number of fused-ring (bicyclic) bond motifs is 1. The van der Waals surface area contributed by atoms with Gasteiger partial charge in [0.25, 0.3) is 0 Å². The summed E-state index contributed by atoms with van der Waals surface area (Å²) in [6, 6.07) is 9.58. The third kappa shape index (κ3) is 2.05. The second-order valence-corrected chi connectivity index (χ2v) is 4.60. The molecule has 5 heteroatoms. The fourth-order valence-electron chi connectivity index (χ4n) is 1.63. The largest absolute Gasteiger partial charge is 0.355 e. The lowest BCUT2D eigenvalue weighted by atomic mass is 10.3. The zero-order valence-electron chi connectivity index (χ0n) is 8.81. The summed E-state index contributed by atoms with van der Waals surface area (Å²) in [5.41, 5.74) is 2.81. The molecule has 2 N–H and O–H groups in total. The SMILES string of the molecule is O=c1[nH]c2ccc(Nc3ccncc3)cc2s1. The average Bonchev–Trinajstić information content (AvgIpc) is 2.70. The molecule has 0 radical (unpaired) electrons. The minimum atomic E-state index is -0.0268. The fraction of sp³-hybridized carbons (Fsp3) is 0. The maximum Gasteiger partial charge on any atom is 0.305 e. The molecule has 0 unspecified atom stereocenters. The highest BCUT2D eigenvalue weighted by Gasteiger charge is 2.00. The van der Waals surface area contributed by atoms with Crippen molar-refractivity contribution in [2.24, 2.45) is 0 Å². The lowest BCUT2D eigenvalue weighted by Gasteiger charge is -2.05. The topological polar surface area (TPSA) is 57.8 Å². The van der Waals surface area contributed by atoms with Crippen LogP contribution in [0.15, 0.2) is 47.5 Å². The van der Waals surface area contributed by atoms with Crippen molar-refractivity contribution in [2.45, 2.75) is 0 Å². The van der Waals surface area contributed by atoms with Crippen LogP contribution in [0.2, 0.25) is 0 Å². The molecule has 2 aromatic heterocycles. The Morgan fingerprint density at radius 1 is 1.12 bits per heavy atom. The summed E-state index contributed by atoms with van der Waals surface area (Å²) in [5.74, 6) is 0. The van der Waals surface area contributed by atoms with Gasteiger partial charge in [-0.25, -0.2) is 0 Å². The predicted octanol–water partition coefficient (Wildman–Crippen LogP) is 2.73. The molecule has 0 aliphatic carbocycles. The van der Waals surface area contributed by atoms with Crippen LogP contribution in [0, 0.1) is 0 Å². The Labute approximate surface area is 101 Å². The van der Waals surface area contributed by atoms with Crippen LogP contribution in [0.5, 0.6) is 0 Å². The molecule has 0 fully saturated rings. The van der Waals surface area contributed by atoms with E-state index >= 15 is 0 Å². The second kappa shape index (κ2) is 4.03. The predicted molar refractivity (Wildman–Crippen MR) is 70.0 cm³/mol. The minimum absolute atomic E-state index is 0.0268. The highest BCUT2D eigenvalue weighted by molar-refractivity contribution is 7.16. The third-order valence-corrected chi connectivity index (χ3v) is 3.24. The van der Waals surface area contributed by atoms with Crippen LogP contribution in [-0.4, -0.2) is 9.97 Å². The molecule has 3 rings (SSSR count). The van der Waals surface area contributed by atoms with Crippen LogP contribution < -0.4 is 10.2 Å². The van der Waals surface area contributed by atoms with E-state index in [2.05, 4.69) is 15.3 Å². The zero-order valence-corrected chi connectivity index (χ0v) is 9.62. The summed E-state index contributed by atoms with van der Waals surface area (Å²) in [4.78, 5) is 17.9. The smallest absolute Gasteiger partial charge is 0.305 e. The first-order valence-electron chi connectivity index (χ1n) is 5.11. The Balaban J connectivity index is 1.98. The first kappa shape index (κ1) is 10.0. The van der Waals surface area contributed by atoms with Crippen molar-refractivity contribution < 1.29 is 0 Å². The van der Waals surface area contributed by atoms with Gasteiger partial charge in [0, 0.05) is 23.8 Å². The Kier molecular flexibility index (Phi) is 2.38. The highest BCUT2D eigenvalue weighted by atomic mass is 32.1. The van der Waals surface area contributed by atoms with Crippen molar-refractivity contribution in [1.82, 2.24) is 9.97 Å². The number of hydrogen-bond donors (Lipinski definition) is 2. The Morgan fingerprint density at radius 3 is 2.76 bits per heavy atom. The Hall–Kier alpha value is -2.14. The summed E-state index contributed by atoms with van der Waals surface area (Å²) in [6.45, 7) is 0. The number of aromatic amines is 1. The average molecular weight is 243 g/mol. The van der Waals surface area contributed by atoms with E-state index in [1.165, 1.54) is 11.3 Å². The summed E-state index contributed by atoms with van der Waals surface area (Å²) >= 11 is 1.21. The normalized spacial score (nSPS) is 10.6. The Morgan fingerprint density at radius 2 is 1.94 bits per heavy atom. The molecule has 0 saturated carbocycles. The number of nitrogens with zero attached hydrogens (tertiary/aromatic N) is 1. The molecule has 0 amide bonds. The Bertz CT molecular complexity index is 702. The number of aromatic nitrogens is 2. The van der Waals surface area contributed by atoms with E-state index < -0.39 is 0 Å². The molecule has 0 saturated heterocycles. The van der Waals surface area contributed by atoms with E-state index in [0.29, 0.717) is 0 Å². The number of hydrogen-bond acceptors (Lipinski definition) is 4. The van der Waals surface area contributed by atoms with E-state index in [1.54, 1.807) is 12.4 Å². The lowest BCUT2D eigenvalue weighted by molar-refractivity contribution is 1.32. The van der Waals surface area contributed by atoms with Crippen LogP contribution in [0.3, 0.4) is 0 Å². The van der Waals surface area contributed by atoms with Gasteiger partial charge in [0.15, 0.2) is 0 Å². The molecule has 2 heterocycles. The number of benzene rings is 1. The molecule has 3 aromatic rings. The maximum atomic E-state index is 11.2. The molecule has 0 atom stereocenters. The maximum absolute atomic E-state index is 11.2. The van der Waals surface area contributed by atoms with Crippen molar-refractivity contribution in [3.8, 4) is 0 Å². The molecule has 1 aromatic carbocycles. The van der Waals surface area contributed by atoms with Gasteiger partial charge in [0.2, 0.25) is 0 Å². The second-order valence-electron chi connectivity index (χ2n) is 3.59. The van der Waals surface area contributed by atoms with Crippen molar-refractivity contribution in [2.75, 3.05) is 5.32 Å². The van der Waals surface area contributed by atoms with Crippen molar-refractivity contribution in [3.63, 3.8) is 0 Å². The first-order chi connectivity index (χ1) is 8.31. The van der Waals surface area contributed by atoms with Crippen molar-refractivity contribution >= 4 is 32.9 Å². The van der Waals surface area contributed by atoms with Gasteiger partial charge >= 0.3 is 4.87 Å². The van der Waals surface area contributed by atoms with Gasteiger partial charge in [-0.05, 0) is 30.3 Å². The van der Waals surface area contributed by atoms with Gasteiger partial charge in [0.1, 0.15) is 0 Å². The summed E-state index contributed by atoms with van der Waals surface area (Å²) in [5, 5.41) is 3.26. The van der Waals surface area contributed by atoms with E-state index in [-0.39, 0.29) is 4.87 Å². The van der Waals surface area contributed by atoms with Gasteiger partial charge in [0.05, 0.1) is 10.2 Å². The molecular formula is C12H9N3OS. The van der Waals surface area contributed by atoms with Gasteiger partial charge in [-0.3, -0.25) is 9.78 Å². The van der Waals surface area contributed by atoms with Crippen LogP contribution in [0.4, 0.5) is 11.4 Å². The number of thiazole rings is 1. The summed E-state index contributed by atoms with van der Waals surface area (Å²) < 4.78 is 0.953. The van der Waals surface area contributed by atoms with Crippen LogP contribution in [0.25, 0.3) is 10.2 Å². The van der Waals surface area contributed by atoms with E-state index in [0.717, 1.165) is 21.6 Å². The van der Waals surface area contributed by atoms with Gasteiger partial charge in [-0.1, -0.05) is 11.3 Å². The first-order valence-corrected chi connectivity index (χ1v) is 5.93. The van der Waals surface area contributed by atoms with Crippen LogP contribution >= 0.6 is 11.3 Å².